The fourth-order valence-electron chi connectivity index (χ4n) is 4.35. The molecule has 1 unspecified atom stereocenters. The van der Waals surface area contributed by atoms with Gasteiger partial charge in [0.15, 0.2) is 17.3 Å². The van der Waals surface area contributed by atoms with Crippen LogP contribution in [0.5, 0.6) is 17.2 Å². The molecule has 2 aromatic rings. The molecule has 0 saturated carbocycles. The second-order valence-electron chi connectivity index (χ2n) is 8.66. The first-order valence-electron chi connectivity index (χ1n) is 11.6. The van der Waals surface area contributed by atoms with Crippen molar-refractivity contribution in [2.45, 2.75) is 33.3 Å². The minimum Gasteiger partial charge on any atom is -0.493 e. The van der Waals surface area contributed by atoms with Crippen LogP contribution in [0.15, 0.2) is 48.0 Å². The number of methoxy groups -OCH3 is 3. The zero-order valence-corrected chi connectivity index (χ0v) is 21.3. The first-order chi connectivity index (χ1) is 16.8. The fourth-order valence-corrected chi connectivity index (χ4v) is 4.35. The largest absolute Gasteiger partial charge is 0.493 e. The van der Waals surface area contributed by atoms with E-state index in [1.807, 2.05) is 43.3 Å². The van der Waals surface area contributed by atoms with Gasteiger partial charge in [-0.15, -0.1) is 0 Å². The first kappa shape index (κ1) is 26.3. The summed E-state index contributed by atoms with van der Waals surface area (Å²) in [4.78, 5) is 24.0. The Balaban J connectivity index is 1.91. The Bertz CT molecular complexity index is 1050. The van der Waals surface area contributed by atoms with Crippen LogP contribution < -0.4 is 14.2 Å². The lowest BCUT2D eigenvalue weighted by Crippen LogP contribution is -2.24. The molecule has 0 radical (unpaired) electrons. The number of carbonyl (C=O) groups excluding carboxylic acids is 2. The van der Waals surface area contributed by atoms with Crippen LogP contribution >= 0.6 is 0 Å². The number of hydrogen-bond donors (Lipinski definition) is 0. The number of ketones is 1. The molecule has 35 heavy (non-hydrogen) atoms. The van der Waals surface area contributed by atoms with Gasteiger partial charge in [0.1, 0.15) is 0 Å². The summed E-state index contributed by atoms with van der Waals surface area (Å²) in [5, 5.41) is 0. The van der Waals surface area contributed by atoms with Gasteiger partial charge in [-0.3, -0.25) is 4.79 Å². The van der Waals surface area contributed by atoms with Crippen LogP contribution in [-0.4, -0.2) is 46.3 Å². The number of hydrogen-bond acceptors (Lipinski definition) is 7. The molecule has 1 fully saturated rings. The average molecular weight is 483 g/mol. The van der Waals surface area contributed by atoms with Crippen LogP contribution in [0.25, 0.3) is 0 Å². The molecule has 0 N–H and O–H groups in total. The minimum absolute atomic E-state index is 0.0346. The maximum Gasteiger partial charge on any atom is 0.333 e. The van der Waals surface area contributed by atoms with Crippen molar-refractivity contribution >= 4 is 11.8 Å². The topological polar surface area (TPSA) is 80.3 Å². The summed E-state index contributed by atoms with van der Waals surface area (Å²) in [7, 11) is 4.71. The van der Waals surface area contributed by atoms with Crippen LogP contribution in [0.1, 0.15) is 48.4 Å². The first-order valence-corrected chi connectivity index (χ1v) is 11.6. The van der Waals surface area contributed by atoms with Crippen molar-refractivity contribution in [3.05, 3.63) is 64.7 Å². The number of rotatable bonds is 10. The molecule has 0 aromatic heterocycles. The SMILES string of the molecule is C/C=C(/C)C(=O)OC[C@@H]1C(c2cc(OC)c(OC)c(OC)c2)OC[C@@H]1Cc1ccc(C(C)=O)cc1. The molecule has 3 atom stereocenters. The highest BCUT2D eigenvalue weighted by atomic mass is 16.5. The van der Waals surface area contributed by atoms with E-state index in [0.717, 1.165) is 17.5 Å². The third-order valence-corrected chi connectivity index (χ3v) is 6.52. The van der Waals surface area contributed by atoms with Crippen LogP contribution in [0.2, 0.25) is 0 Å². The summed E-state index contributed by atoms with van der Waals surface area (Å²) in [6, 6.07) is 11.4. The third kappa shape index (κ3) is 6.03. The predicted octanol–water partition coefficient (Wildman–Crippen LogP) is 4.97. The summed E-state index contributed by atoms with van der Waals surface area (Å²) in [5.41, 5.74) is 3.19. The second kappa shape index (κ2) is 11.9. The van der Waals surface area contributed by atoms with Gasteiger partial charge < -0.3 is 23.7 Å². The van der Waals surface area contributed by atoms with Crippen molar-refractivity contribution in [2.75, 3.05) is 34.5 Å². The quantitative estimate of drug-likeness (QED) is 0.269. The van der Waals surface area contributed by atoms with E-state index in [-0.39, 0.29) is 36.3 Å². The third-order valence-electron chi connectivity index (χ3n) is 6.52. The standard InChI is InChI=1S/C28H34O7/c1-7-17(2)28(30)35-16-23-22(12-19-8-10-20(11-9-19)18(3)29)15-34-26(23)21-13-24(31-4)27(33-6)25(14-21)32-5/h7-11,13-14,22-23,26H,12,15-16H2,1-6H3/b17-7-/t22-,23-,26?/m0/s1. The molecule has 3 rings (SSSR count). The summed E-state index contributed by atoms with van der Waals surface area (Å²) in [6.45, 7) is 5.81. The van der Waals surface area contributed by atoms with E-state index in [9.17, 15) is 9.59 Å². The Morgan fingerprint density at radius 3 is 2.14 bits per heavy atom. The molecule has 1 heterocycles. The molecule has 0 aliphatic carbocycles. The van der Waals surface area contributed by atoms with Gasteiger partial charge in [-0.1, -0.05) is 30.3 Å². The monoisotopic (exact) mass is 482 g/mol. The Labute approximate surface area is 207 Å². The highest BCUT2D eigenvalue weighted by Gasteiger charge is 2.40. The summed E-state index contributed by atoms with van der Waals surface area (Å²) < 4.78 is 28.5. The molecule has 0 bridgehead atoms. The highest BCUT2D eigenvalue weighted by Crippen LogP contribution is 2.46. The molecule has 1 saturated heterocycles. The number of Topliss-reactive ketones (excluding diaryl/α,β-unsaturated/α-hetero) is 1. The van der Waals surface area contributed by atoms with Crippen LogP contribution in [0.3, 0.4) is 0 Å². The molecule has 188 valence electrons. The number of ether oxygens (including phenoxy) is 5. The van der Waals surface area contributed by atoms with Crippen molar-refractivity contribution < 1.29 is 33.3 Å². The zero-order valence-electron chi connectivity index (χ0n) is 21.3. The lowest BCUT2D eigenvalue weighted by atomic mass is 9.84. The second-order valence-corrected chi connectivity index (χ2v) is 8.66. The molecular weight excluding hydrogens is 448 g/mol. The van der Waals surface area contributed by atoms with Crippen molar-refractivity contribution in [2.24, 2.45) is 11.8 Å². The lowest BCUT2D eigenvalue weighted by Gasteiger charge is -2.24. The van der Waals surface area contributed by atoms with Crippen LogP contribution in [0.4, 0.5) is 0 Å². The van der Waals surface area contributed by atoms with Gasteiger partial charge in [-0.25, -0.2) is 4.79 Å². The van der Waals surface area contributed by atoms with Gasteiger partial charge in [0.2, 0.25) is 5.75 Å². The molecule has 1 aliphatic heterocycles. The zero-order chi connectivity index (χ0) is 25.5. The van der Waals surface area contributed by atoms with Gasteiger partial charge in [-0.2, -0.15) is 0 Å². The number of carbonyl (C=O) groups is 2. The molecule has 1 aliphatic rings. The number of allylic oxidation sites excluding steroid dienone is 1. The number of esters is 1. The van der Waals surface area contributed by atoms with E-state index < -0.39 is 0 Å². The maximum atomic E-state index is 12.4. The average Bonchev–Trinajstić information content (AvgIpc) is 3.27. The maximum absolute atomic E-state index is 12.4. The lowest BCUT2D eigenvalue weighted by molar-refractivity contribution is -0.141. The van der Waals surface area contributed by atoms with Gasteiger partial charge in [0.05, 0.1) is 40.6 Å². The van der Waals surface area contributed by atoms with Crippen molar-refractivity contribution in [3.63, 3.8) is 0 Å². The Hall–Kier alpha value is -3.32. The molecule has 7 heteroatoms. The highest BCUT2D eigenvalue weighted by molar-refractivity contribution is 5.94. The molecule has 0 spiro atoms. The van der Waals surface area contributed by atoms with E-state index in [1.165, 1.54) is 0 Å². The van der Waals surface area contributed by atoms with E-state index in [4.69, 9.17) is 23.7 Å². The van der Waals surface area contributed by atoms with Crippen molar-refractivity contribution in [1.82, 2.24) is 0 Å². The van der Waals surface area contributed by atoms with E-state index in [0.29, 0.717) is 35.0 Å². The van der Waals surface area contributed by atoms with Gasteiger partial charge in [0, 0.05) is 17.1 Å². The van der Waals surface area contributed by atoms with Gasteiger partial charge >= 0.3 is 5.97 Å². The fraction of sp³-hybridized carbons (Fsp3) is 0.429. The van der Waals surface area contributed by atoms with Crippen LogP contribution in [-0.2, 0) is 20.7 Å². The summed E-state index contributed by atoms with van der Waals surface area (Å²) in [6.07, 6.45) is 2.13. The summed E-state index contributed by atoms with van der Waals surface area (Å²) >= 11 is 0. The Morgan fingerprint density at radius 2 is 1.63 bits per heavy atom. The normalized spacial score (nSPS) is 19.8. The van der Waals surface area contributed by atoms with E-state index in [2.05, 4.69) is 0 Å². The van der Waals surface area contributed by atoms with Crippen molar-refractivity contribution in [3.8, 4) is 17.2 Å². The summed E-state index contributed by atoms with van der Waals surface area (Å²) in [5.74, 6) is 1.27. The molecule has 0 amide bonds. The van der Waals surface area contributed by atoms with E-state index in [1.54, 1.807) is 41.3 Å². The number of benzene rings is 2. The predicted molar refractivity (Wildman–Crippen MR) is 132 cm³/mol. The Kier molecular flexibility index (Phi) is 8.93. The Morgan fingerprint density at radius 1 is 1.00 bits per heavy atom. The smallest absolute Gasteiger partial charge is 0.333 e. The van der Waals surface area contributed by atoms with Gasteiger partial charge in [0.25, 0.3) is 0 Å². The van der Waals surface area contributed by atoms with Crippen LogP contribution in [0, 0.1) is 11.8 Å². The minimum atomic E-state index is -0.340. The molecule has 7 nitrogen and oxygen atoms in total. The van der Waals surface area contributed by atoms with Gasteiger partial charge in [-0.05, 0) is 56.4 Å². The van der Waals surface area contributed by atoms with Crippen molar-refractivity contribution in [1.29, 1.82) is 0 Å². The van der Waals surface area contributed by atoms with E-state index >= 15 is 0 Å². The molecular formula is C28H34O7. The molecule has 2 aromatic carbocycles.